The van der Waals surface area contributed by atoms with Crippen LogP contribution in [0.5, 0.6) is 0 Å². The molecule has 3 heteroatoms. The lowest BCUT2D eigenvalue weighted by Crippen LogP contribution is -2.33. The third-order valence-electron chi connectivity index (χ3n) is 3.32. The second kappa shape index (κ2) is 5.35. The molecule has 1 aromatic rings. The van der Waals surface area contributed by atoms with Crippen molar-refractivity contribution in [2.24, 2.45) is 5.92 Å². The number of halogens is 2. The smallest absolute Gasteiger partial charge is 0.273 e. The maximum Gasteiger partial charge on any atom is 0.273 e. The highest BCUT2D eigenvalue weighted by molar-refractivity contribution is 5.29. The molecule has 0 saturated carbocycles. The predicted molar refractivity (Wildman–Crippen MR) is 71.9 cm³/mol. The van der Waals surface area contributed by atoms with Gasteiger partial charge >= 0.3 is 0 Å². The summed E-state index contributed by atoms with van der Waals surface area (Å²) in [5, 5.41) is 3.16. The molecule has 0 fully saturated rings. The molecule has 1 rings (SSSR count). The van der Waals surface area contributed by atoms with Crippen molar-refractivity contribution in [3.05, 3.63) is 35.4 Å². The van der Waals surface area contributed by atoms with Crippen LogP contribution >= 0.6 is 0 Å². The molecule has 0 aliphatic carbocycles. The van der Waals surface area contributed by atoms with E-state index in [0.717, 1.165) is 5.56 Å². The number of hydrogen-bond donors (Lipinski definition) is 1. The minimum atomic E-state index is -2.74. The van der Waals surface area contributed by atoms with Gasteiger partial charge in [-0.2, -0.15) is 0 Å². The van der Waals surface area contributed by atoms with Crippen molar-refractivity contribution in [2.75, 3.05) is 7.05 Å². The molecule has 0 spiro atoms. The third-order valence-corrected chi connectivity index (χ3v) is 3.32. The van der Waals surface area contributed by atoms with Crippen LogP contribution in [-0.2, 0) is 11.5 Å². The molecule has 0 aromatic heterocycles. The number of rotatable bonds is 5. The lowest BCUT2D eigenvalue weighted by Gasteiger charge is -2.26. The topological polar surface area (TPSA) is 12.0 Å². The van der Waals surface area contributed by atoms with Crippen molar-refractivity contribution in [3.8, 4) is 0 Å². The fourth-order valence-corrected chi connectivity index (χ4v) is 1.91. The van der Waals surface area contributed by atoms with Crippen LogP contribution in [-0.4, -0.2) is 7.05 Å². The summed E-state index contributed by atoms with van der Waals surface area (Å²) < 4.78 is 27.8. The molecular formula is C15H23F2N. The average Bonchev–Trinajstić information content (AvgIpc) is 2.27. The van der Waals surface area contributed by atoms with Gasteiger partial charge in [0.2, 0.25) is 0 Å². The zero-order valence-electron chi connectivity index (χ0n) is 11.8. The van der Waals surface area contributed by atoms with E-state index >= 15 is 0 Å². The van der Waals surface area contributed by atoms with Gasteiger partial charge in [0.05, 0.1) is 0 Å². The van der Waals surface area contributed by atoms with Gasteiger partial charge in [0.15, 0.2) is 0 Å². The quantitative estimate of drug-likeness (QED) is 0.828. The molecule has 1 aromatic carbocycles. The van der Waals surface area contributed by atoms with E-state index in [0.29, 0.717) is 0 Å². The number of hydrogen-bond acceptors (Lipinski definition) is 1. The Morgan fingerprint density at radius 1 is 1.06 bits per heavy atom. The van der Waals surface area contributed by atoms with Gasteiger partial charge in [0, 0.05) is 17.5 Å². The third kappa shape index (κ3) is 3.52. The van der Waals surface area contributed by atoms with E-state index in [-0.39, 0.29) is 23.4 Å². The van der Waals surface area contributed by atoms with E-state index in [9.17, 15) is 8.78 Å². The molecule has 1 nitrogen and oxygen atoms in total. The lowest BCUT2D eigenvalue weighted by atomic mass is 9.91. The Hall–Kier alpha value is -0.960. The molecule has 0 unspecified atom stereocenters. The molecule has 0 saturated heterocycles. The number of alkyl halides is 2. The highest BCUT2D eigenvalue weighted by Crippen LogP contribution is 2.35. The Morgan fingerprint density at radius 3 is 1.89 bits per heavy atom. The Bertz CT molecular complexity index is 380. The summed E-state index contributed by atoms with van der Waals surface area (Å²) in [5.41, 5.74) is 0.909. The summed E-state index contributed by atoms with van der Waals surface area (Å²) in [6.45, 7) is 7.67. The van der Waals surface area contributed by atoms with E-state index in [1.807, 2.05) is 34.7 Å². The summed E-state index contributed by atoms with van der Waals surface area (Å²) in [5.74, 6) is -2.76. The van der Waals surface area contributed by atoms with Gasteiger partial charge in [0.1, 0.15) is 0 Å². The molecule has 0 aliphatic rings. The summed E-state index contributed by atoms with van der Waals surface area (Å²) >= 11 is 0. The van der Waals surface area contributed by atoms with E-state index < -0.39 is 5.92 Å². The van der Waals surface area contributed by atoms with Crippen LogP contribution in [0.25, 0.3) is 0 Å². The van der Waals surface area contributed by atoms with Gasteiger partial charge in [-0.1, -0.05) is 38.1 Å². The molecule has 0 aliphatic heterocycles. The summed E-state index contributed by atoms with van der Waals surface area (Å²) in [6.07, 6.45) is -0.109. The first-order valence-electron chi connectivity index (χ1n) is 6.37. The molecule has 0 bridgehead atoms. The zero-order chi connectivity index (χ0) is 14.0. The van der Waals surface area contributed by atoms with Crippen LogP contribution in [0.2, 0.25) is 0 Å². The second-order valence-electron chi connectivity index (χ2n) is 5.75. The van der Waals surface area contributed by atoms with Crippen LogP contribution in [0.1, 0.15) is 45.2 Å². The van der Waals surface area contributed by atoms with E-state index in [2.05, 4.69) is 5.32 Å². The average molecular weight is 255 g/mol. The maximum atomic E-state index is 13.9. The normalized spacial score (nSPS) is 13.1. The summed E-state index contributed by atoms with van der Waals surface area (Å²) in [4.78, 5) is 0. The van der Waals surface area contributed by atoms with Crippen LogP contribution in [0, 0.1) is 5.92 Å². The number of nitrogens with one attached hydrogen (secondary N) is 1. The van der Waals surface area contributed by atoms with Crippen LogP contribution in [0.15, 0.2) is 24.3 Å². The van der Waals surface area contributed by atoms with Crippen molar-refractivity contribution in [3.63, 3.8) is 0 Å². The van der Waals surface area contributed by atoms with Gasteiger partial charge < -0.3 is 5.32 Å². The molecule has 0 heterocycles. The Kier molecular flexibility index (Phi) is 4.49. The van der Waals surface area contributed by atoms with Crippen LogP contribution < -0.4 is 5.32 Å². The molecule has 0 amide bonds. The van der Waals surface area contributed by atoms with E-state index in [4.69, 9.17) is 0 Å². The van der Waals surface area contributed by atoms with Gasteiger partial charge in [0.25, 0.3) is 5.92 Å². The SMILES string of the molecule is CNC(C)(C)c1ccc(C(F)(F)CC(C)C)cc1. The maximum absolute atomic E-state index is 13.9. The first kappa shape index (κ1) is 15.1. The first-order chi connectivity index (χ1) is 8.19. The fraction of sp³-hybridized carbons (Fsp3) is 0.600. The first-order valence-corrected chi connectivity index (χ1v) is 6.37. The molecule has 1 N–H and O–H groups in total. The Morgan fingerprint density at radius 2 is 1.50 bits per heavy atom. The molecule has 0 atom stereocenters. The van der Waals surface area contributed by atoms with Crippen molar-refractivity contribution >= 4 is 0 Å². The predicted octanol–water partition coefficient (Wildman–Crippen LogP) is 4.28. The standard InChI is InChI=1S/C15H23F2N/c1-11(2)10-15(16,17)13-8-6-12(7-9-13)14(3,4)18-5/h6-9,11,18H,10H2,1-5H3. The van der Waals surface area contributed by atoms with Gasteiger partial charge in [-0.3, -0.25) is 0 Å². The largest absolute Gasteiger partial charge is 0.311 e. The molecule has 18 heavy (non-hydrogen) atoms. The fourth-order valence-electron chi connectivity index (χ4n) is 1.91. The minimum Gasteiger partial charge on any atom is -0.311 e. The van der Waals surface area contributed by atoms with Crippen LogP contribution in [0.3, 0.4) is 0 Å². The van der Waals surface area contributed by atoms with E-state index in [1.165, 1.54) is 12.1 Å². The van der Waals surface area contributed by atoms with Gasteiger partial charge in [-0.05, 0) is 32.4 Å². The monoisotopic (exact) mass is 255 g/mol. The molecule has 102 valence electrons. The van der Waals surface area contributed by atoms with Crippen molar-refractivity contribution in [2.45, 2.75) is 45.6 Å². The highest BCUT2D eigenvalue weighted by Gasteiger charge is 2.32. The molecular weight excluding hydrogens is 232 g/mol. The zero-order valence-corrected chi connectivity index (χ0v) is 11.8. The molecule has 0 radical (unpaired) electrons. The lowest BCUT2D eigenvalue weighted by molar-refractivity contribution is -0.0249. The Labute approximate surface area is 109 Å². The second-order valence-corrected chi connectivity index (χ2v) is 5.75. The van der Waals surface area contributed by atoms with Crippen molar-refractivity contribution in [1.29, 1.82) is 0 Å². The van der Waals surface area contributed by atoms with Crippen LogP contribution in [0.4, 0.5) is 8.78 Å². The highest BCUT2D eigenvalue weighted by atomic mass is 19.3. The number of benzene rings is 1. The van der Waals surface area contributed by atoms with Crippen molar-refractivity contribution in [1.82, 2.24) is 5.32 Å². The Balaban J connectivity index is 2.96. The van der Waals surface area contributed by atoms with Crippen molar-refractivity contribution < 1.29 is 8.78 Å². The summed E-state index contributed by atoms with van der Waals surface area (Å²) in [7, 11) is 1.86. The van der Waals surface area contributed by atoms with Gasteiger partial charge in [-0.15, -0.1) is 0 Å². The van der Waals surface area contributed by atoms with E-state index in [1.54, 1.807) is 12.1 Å². The minimum absolute atomic E-state index is 0.0200. The van der Waals surface area contributed by atoms with Gasteiger partial charge in [-0.25, -0.2) is 8.78 Å². The summed E-state index contributed by atoms with van der Waals surface area (Å²) in [6, 6.07) is 6.63.